The second kappa shape index (κ2) is 6.87. The molecule has 5 nitrogen and oxygen atoms in total. The molecule has 0 fully saturated rings. The van der Waals surface area contributed by atoms with Crippen LogP contribution in [0.25, 0.3) is 11.5 Å². The third-order valence-corrected chi connectivity index (χ3v) is 3.53. The quantitative estimate of drug-likeness (QED) is 0.727. The molecule has 0 aliphatic heterocycles. The van der Waals surface area contributed by atoms with Crippen LogP contribution in [0.1, 0.15) is 16.2 Å². The molecule has 2 aromatic carbocycles. The van der Waals surface area contributed by atoms with Crippen molar-refractivity contribution in [2.24, 2.45) is 0 Å². The van der Waals surface area contributed by atoms with Crippen LogP contribution in [0.5, 0.6) is 0 Å². The van der Waals surface area contributed by atoms with Gasteiger partial charge in [-0.1, -0.05) is 41.6 Å². The molecule has 0 aliphatic carbocycles. The molecule has 0 bridgehead atoms. The Morgan fingerprint density at radius 2 is 1.70 bits per heavy atom. The Kier molecular flexibility index (Phi) is 4.47. The van der Waals surface area contributed by atoms with E-state index in [0.29, 0.717) is 30.2 Å². The topological polar surface area (TPSA) is 59.2 Å². The Morgan fingerprint density at radius 1 is 1.04 bits per heavy atom. The summed E-state index contributed by atoms with van der Waals surface area (Å²) in [6.07, 6.45) is 0.547. The summed E-state index contributed by atoms with van der Waals surface area (Å²) in [6, 6.07) is 18.8. The van der Waals surface area contributed by atoms with Gasteiger partial charge in [0.15, 0.2) is 5.82 Å². The van der Waals surface area contributed by atoms with Crippen LogP contribution in [0.2, 0.25) is 0 Å². The highest BCUT2D eigenvalue weighted by atomic mass is 16.5. The molecule has 0 atom stereocenters. The van der Waals surface area contributed by atoms with E-state index in [9.17, 15) is 4.79 Å². The second-order valence-corrected chi connectivity index (χ2v) is 5.22. The zero-order valence-corrected chi connectivity index (χ0v) is 12.8. The van der Waals surface area contributed by atoms with E-state index in [1.54, 1.807) is 24.1 Å². The third kappa shape index (κ3) is 3.63. The number of hydrogen-bond acceptors (Lipinski definition) is 4. The smallest absolute Gasteiger partial charge is 0.257 e. The number of aromatic nitrogens is 2. The van der Waals surface area contributed by atoms with E-state index >= 15 is 0 Å². The maximum atomic E-state index is 12.3. The van der Waals surface area contributed by atoms with Gasteiger partial charge < -0.3 is 9.42 Å². The van der Waals surface area contributed by atoms with Crippen LogP contribution in [0.3, 0.4) is 0 Å². The molecule has 5 heteroatoms. The molecule has 0 radical (unpaired) electrons. The van der Waals surface area contributed by atoms with Gasteiger partial charge in [0.05, 0.1) is 0 Å². The van der Waals surface area contributed by atoms with Gasteiger partial charge in [0.25, 0.3) is 11.8 Å². The van der Waals surface area contributed by atoms with Crippen LogP contribution in [0.4, 0.5) is 0 Å². The van der Waals surface area contributed by atoms with E-state index < -0.39 is 0 Å². The fourth-order valence-electron chi connectivity index (χ4n) is 2.22. The van der Waals surface area contributed by atoms with Crippen molar-refractivity contribution in [3.05, 3.63) is 72.1 Å². The molecule has 3 aromatic rings. The first kappa shape index (κ1) is 15.0. The van der Waals surface area contributed by atoms with Crippen molar-refractivity contribution in [2.45, 2.75) is 6.42 Å². The van der Waals surface area contributed by atoms with Gasteiger partial charge in [-0.3, -0.25) is 4.79 Å². The lowest BCUT2D eigenvalue weighted by molar-refractivity contribution is 0.0796. The van der Waals surface area contributed by atoms with Gasteiger partial charge >= 0.3 is 0 Å². The van der Waals surface area contributed by atoms with Crippen molar-refractivity contribution in [3.8, 4) is 11.5 Å². The summed E-state index contributed by atoms with van der Waals surface area (Å²) in [7, 11) is 1.77. The van der Waals surface area contributed by atoms with Gasteiger partial charge in [0.1, 0.15) is 0 Å². The van der Waals surface area contributed by atoms with E-state index in [1.807, 2.05) is 48.5 Å². The van der Waals surface area contributed by atoms with Gasteiger partial charge in [-0.2, -0.15) is 4.98 Å². The molecule has 0 aliphatic rings. The highest BCUT2D eigenvalue weighted by Gasteiger charge is 2.13. The van der Waals surface area contributed by atoms with Gasteiger partial charge in [-0.15, -0.1) is 0 Å². The van der Waals surface area contributed by atoms with E-state index in [4.69, 9.17) is 4.52 Å². The fraction of sp³-hybridized carbons (Fsp3) is 0.167. The van der Waals surface area contributed by atoms with E-state index in [0.717, 1.165) is 5.56 Å². The lowest BCUT2D eigenvalue weighted by Crippen LogP contribution is -2.29. The number of rotatable bonds is 5. The summed E-state index contributed by atoms with van der Waals surface area (Å²) in [5.41, 5.74) is 1.56. The lowest BCUT2D eigenvalue weighted by atomic mass is 10.2. The van der Waals surface area contributed by atoms with Crippen LogP contribution in [0.15, 0.2) is 65.2 Å². The van der Waals surface area contributed by atoms with Crippen molar-refractivity contribution in [1.29, 1.82) is 0 Å². The predicted molar refractivity (Wildman–Crippen MR) is 86.8 cm³/mol. The molecule has 0 N–H and O–H groups in total. The molecule has 0 saturated heterocycles. The average molecular weight is 307 g/mol. The summed E-state index contributed by atoms with van der Waals surface area (Å²) in [5.74, 6) is 1.08. The molecule has 1 aromatic heterocycles. The second-order valence-electron chi connectivity index (χ2n) is 5.22. The molecule has 0 unspecified atom stereocenters. The zero-order chi connectivity index (χ0) is 16.1. The summed E-state index contributed by atoms with van der Waals surface area (Å²) in [6.45, 7) is 0.529. The van der Waals surface area contributed by atoms with Gasteiger partial charge in [-0.25, -0.2) is 0 Å². The average Bonchev–Trinajstić information content (AvgIpc) is 3.09. The van der Waals surface area contributed by atoms with Crippen LogP contribution in [0, 0.1) is 0 Å². The Labute approximate surface area is 134 Å². The molecular formula is C18H17N3O2. The summed E-state index contributed by atoms with van der Waals surface area (Å²) >= 11 is 0. The predicted octanol–water partition coefficient (Wildman–Crippen LogP) is 3.05. The van der Waals surface area contributed by atoms with Crippen molar-refractivity contribution >= 4 is 5.91 Å². The maximum Gasteiger partial charge on any atom is 0.257 e. The molecule has 1 heterocycles. The normalized spacial score (nSPS) is 10.5. The number of amides is 1. The largest absolute Gasteiger partial charge is 0.341 e. The van der Waals surface area contributed by atoms with Crippen LogP contribution in [-0.4, -0.2) is 34.5 Å². The summed E-state index contributed by atoms with van der Waals surface area (Å²) < 4.78 is 5.26. The van der Waals surface area contributed by atoms with E-state index in [-0.39, 0.29) is 5.91 Å². The molecule has 3 rings (SSSR count). The van der Waals surface area contributed by atoms with Gasteiger partial charge in [0.2, 0.25) is 0 Å². The SMILES string of the molecule is CN(CCc1noc(-c2ccccc2)n1)C(=O)c1ccccc1. The minimum Gasteiger partial charge on any atom is -0.341 e. The number of benzene rings is 2. The van der Waals surface area contributed by atoms with Crippen molar-refractivity contribution < 1.29 is 9.32 Å². The Bertz CT molecular complexity index is 769. The third-order valence-electron chi connectivity index (χ3n) is 3.53. The Balaban J connectivity index is 1.61. The highest BCUT2D eigenvalue weighted by molar-refractivity contribution is 5.93. The number of carbonyl (C=O) groups excluding carboxylic acids is 1. The number of nitrogens with zero attached hydrogens (tertiary/aromatic N) is 3. The van der Waals surface area contributed by atoms with Crippen molar-refractivity contribution in [3.63, 3.8) is 0 Å². The Morgan fingerprint density at radius 3 is 2.39 bits per heavy atom. The first-order valence-electron chi connectivity index (χ1n) is 7.42. The first-order valence-corrected chi connectivity index (χ1v) is 7.42. The summed E-state index contributed by atoms with van der Waals surface area (Å²) in [4.78, 5) is 18.3. The maximum absolute atomic E-state index is 12.3. The zero-order valence-electron chi connectivity index (χ0n) is 12.8. The number of hydrogen-bond donors (Lipinski definition) is 0. The molecule has 0 saturated carbocycles. The van der Waals surface area contributed by atoms with Crippen LogP contribution >= 0.6 is 0 Å². The van der Waals surface area contributed by atoms with Crippen molar-refractivity contribution in [1.82, 2.24) is 15.0 Å². The fourth-order valence-corrected chi connectivity index (χ4v) is 2.22. The highest BCUT2D eigenvalue weighted by Crippen LogP contribution is 2.16. The standard InChI is InChI=1S/C18H17N3O2/c1-21(18(22)15-10-6-3-7-11-15)13-12-16-19-17(23-20-16)14-8-4-2-5-9-14/h2-11H,12-13H2,1H3. The van der Waals surface area contributed by atoms with E-state index in [1.165, 1.54) is 0 Å². The lowest BCUT2D eigenvalue weighted by Gasteiger charge is -2.15. The summed E-state index contributed by atoms with van der Waals surface area (Å²) in [5, 5.41) is 3.97. The molecule has 23 heavy (non-hydrogen) atoms. The van der Waals surface area contributed by atoms with Gasteiger partial charge in [0, 0.05) is 31.1 Å². The minimum atomic E-state index is -0.0163. The molecular weight excluding hydrogens is 290 g/mol. The molecule has 116 valence electrons. The van der Waals surface area contributed by atoms with Crippen molar-refractivity contribution in [2.75, 3.05) is 13.6 Å². The minimum absolute atomic E-state index is 0.0163. The van der Waals surface area contributed by atoms with Gasteiger partial charge in [-0.05, 0) is 24.3 Å². The number of likely N-dealkylation sites (N-methyl/N-ethyl adjacent to an activating group) is 1. The monoisotopic (exact) mass is 307 g/mol. The van der Waals surface area contributed by atoms with Crippen LogP contribution < -0.4 is 0 Å². The van der Waals surface area contributed by atoms with Crippen LogP contribution in [-0.2, 0) is 6.42 Å². The Hall–Kier alpha value is -2.95. The molecule has 1 amide bonds. The molecule has 0 spiro atoms. The number of carbonyl (C=O) groups is 1. The van der Waals surface area contributed by atoms with E-state index in [2.05, 4.69) is 10.1 Å². The first-order chi connectivity index (χ1) is 11.2.